The van der Waals surface area contributed by atoms with Gasteiger partial charge in [0.1, 0.15) is 48.0 Å². The lowest BCUT2D eigenvalue weighted by Gasteiger charge is -2.27. The van der Waals surface area contributed by atoms with Gasteiger partial charge in [-0.15, -0.1) is 0 Å². The van der Waals surface area contributed by atoms with Gasteiger partial charge in [-0.25, -0.2) is 19.9 Å². The van der Waals surface area contributed by atoms with Gasteiger partial charge >= 0.3 is 15.9 Å². The molecule has 4 aromatic rings. The highest BCUT2D eigenvalue weighted by atomic mass is 31.2. The van der Waals surface area contributed by atoms with Crippen LogP contribution in [-0.2, 0) is 27.7 Å². The fraction of sp³-hybridized carbons (Fsp3) is 0.476. The van der Waals surface area contributed by atoms with Gasteiger partial charge < -0.3 is 58.9 Å². The van der Waals surface area contributed by atoms with E-state index in [9.17, 15) is 34.1 Å². The van der Waals surface area contributed by atoms with E-state index in [4.69, 9.17) is 29.1 Å². The molecule has 0 saturated carbocycles. The van der Waals surface area contributed by atoms with Gasteiger partial charge in [0, 0.05) is 6.20 Å². The van der Waals surface area contributed by atoms with Crippen LogP contribution < -0.4 is 11.3 Å². The molecule has 232 valence electrons. The number of aromatic nitrogens is 7. The standard InChI is InChI=1S/C21H26N8O12P2/c22-17-12-18(25-5-24-17)29(7-27-12)20-15(32)13(30)10(40-20)4-39-43(36,37)16-14(31)9(3-38-42(34)35)41-21(16)28-6-26-11-8(28)1-2-23-19(11)33/h1-2,5-7,9-10,13-16,20-21,30-32,42H,3-4H2,(H,23,33)(H,34,35)(H,36,37)(H2,22,24,25)/t9-,10-,13-,14-,15-,16-,20-,21-/m1/s1. The Labute approximate surface area is 240 Å². The number of nitrogen functional groups attached to an aromatic ring is 1. The summed E-state index contributed by atoms with van der Waals surface area (Å²) in [4.78, 5) is 50.9. The number of aliphatic hydroxyl groups is 3. The molecule has 43 heavy (non-hydrogen) atoms. The van der Waals surface area contributed by atoms with Gasteiger partial charge in [0.15, 0.2) is 29.4 Å². The molecule has 0 aliphatic carbocycles. The van der Waals surface area contributed by atoms with Crippen molar-refractivity contribution in [3.05, 3.63) is 41.6 Å². The number of imidazole rings is 2. The Balaban J connectivity index is 1.25. The van der Waals surface area contributed by atoms with Crippen molar-refractivity contribution in [1.29, 1.82) is 0 Å². The van der Waals surface area contributed by atoms with Crippen molar-refractivity contribution in [3.8, 4) is 0 Å². The SMILES string of the molecule is Nc1ncnc2c1ncn2[C@@H]1O[C@H](COP(=O)(O)[C@@H]2[C@H](O)[C@@H](CO[PH](=O)O)O[C@H]2n2cnc3c(=O)[nH]ccc32)[C@@H](O)[C@H]1O. The lowest BCUT2D eigenvalue weighted by atomic mass is 10.1. The molecule has 10 atom stereocenters. The number of aliphatic hydroxyl groups excluding tert-OH is 3. The molecule has 2 aliphatic heterocycles. The van der Waals surface area contributed by atoms with Gasteiger partial charge in [0.2, 0.25) is 0 Å². The molecular weight excluding hydrogens is 618 g/mol. The molecule has 6 heterocycles. The normalized spacial score (nSPS) is 31.6. The second-order valence-electron chi connectivity index (χ2n) is 9.80. The fourth-order valence-electron chi connectivity index (χ4n) is 5.20. The first kappa shape index (κ1) is 29.9. The third-order valence-electron chi connectivity index (χ3n) is 7.28. The van der Waals surface area contributed by atoms with Gasteiger partial charge in [-0.05, 0) is 6.07 Å². The number of anilines is 1. The van der Waals surface area contributed by atoms with Crippen LogP contribution >= 0.6 is 15.9 Å². The summed E-state index contributed by atoms with van der Waals surface area (Å²) in [5, 5.41) is 32.4. The number of pyridine rings is 1. The Morgan fingerprint density at radius 1 is 1.00 bits per heavy atom. The number of nitrogens with zero attached hydrogens (tertiary/aromatic N) is 6. The number of nitrogens with two attached hydrogens (primary N) is 1. The molecule has 0 spiro atoms. The molecule has 0 bridgehead atoms. The number of rotatable bonds is 9. The Hall–Kier alpha value is -3.13. The van der Waals surface area contributed by atoms with Crippen molar-refractivity contribution < 1.29 is 52.8 Å². The lowest BCUT2D eigenvalue weighted by molar-refractivity contribution is -0.0494. The minimum atomic E-state index is -4.92. The summed E-state index contributed by atoms with van der Waals surface area (Å²) in [5.41, 5.74) is 4.14. The van der Waals surface area contributed by atoms with E-state index in [1.165, 1.54) is 40.4 Å². The molecular formula is C21H26N8O12P2. The first-order valence-electron chi connectivity index (χ1n) is 12.6. The second-order valence-corrected chi connectivity index (χ2v) is 12.6. The number of aromatic amines is 1. The van der Waals surface area contributed by atoms with Crippen molar-refractivity contribution >= 4 is 43.9 Å². The topological polar surface area (TPSA) is 293 Å². The maximum atomic E-state index is 13.7. The van der Waals surface area contributed by atoms with Gasteiger partial charge in [0.25, 0.3) is 5.56 Å². The van der Waals surface area contributed by atoms with Crippen molar-refractivity contribution in [2.24, 2.45) is 0 Å². The molecule has 2 fully saturated rings. The van der Waals surface area contributed by atoms with Gasteiger partial charge in [0.05, 0.1) is 31.4 Å². The van der Waals surface area contributed by atoms with E-state index in [2.05, 4.69) is 24.9 Å². The summed E-state index contributed by atoms with van der Waals surface area (Å²) < 4.78 is 49.0. The van der Waals surface area contributed by atoms with Crippen LogP contribution in [0.1, 0.15) is 12.5 Å². The zero-order valence-corrected chi connectivity index (χ0v) is 23.6. The van der Waals surface area contributed by atoms with Crippen LogP contribution in [-0.4, -0.2) is 109 Å². The fourth-order valence-corrected chi connectivity index (χ4v) is 7.16. The maximum Gasteiger partial charge on any atom is 0.338 e. The zero-order chi connectivity index (χ0) is 30.6. The number of H-pyrrole nitrogens is 1. The van der Waals surface area contributed by atoms with Crippen LogP contribution in [0, 0.1) is 0 Å². The minimum absolute atomic E-state index is 0.0188. The summed E-state index contributed by atoms with van der Waals surface area (Å²) >= 11 is 0. The van der Waals surface area contributed by atoms with Crippen LogP contribution in [0.3, 0.4) is 0 Å². The number of ether oxygens (including phenoxy) is 2. The summed E-state index contributed by atoms with van der Waals surface area (Å²) in [6.45, 7) is -1.33. The maximum absolute atomic E-state index is 13.7. The molecule has 2 unspecified atom stereocenters. The van der Waals surface area contributed by atoms with Crippen molar-refractivity contribution in [3.63, 3.8) is 0 Å². The average molecular weight is 644 g/mol. The molecule has 0 radical (unpaired) electrons. The average Bonchev–Trinajstić information content (AvgIpc) is 3.72. The largest absolute Gasteiger partial charge is 0.389 e. The summed E-state index contributed by atoms with van der Waals surface area (Å²) in [6, 6.07) is 1.46. The molecule has 6 rings (SSSR count). The van der Waals surface area contributed by atoms with Crippen LogP contribution in [0.15, 0.2) is 36.0 Å². The Kier molecular flexibility index (Phi) is 7.95. The van der Waals surface area contributed by atoms with E-state index in [0.717, 1.165) is 0 Å². The highest BCUT2D eigenvalue weighted by Crippen LogP contribution is 2.57. The number of nitrogens with one attached hydrogen (secondary N) is 1. The zero-order valence-electron chi connectivity index (χ0n) is 21.7. The van der Waals surface area contributed by atoms with Crippen LogP contribution in [0.4, 0.5) is 5.82 Å². The Morgan fingerprint density at radius 3 is 2.47 bits per heavy atom. The number of hydrogen-bond acceptors (Lipinski definition) is 15. The van der Waals surface area contributed by atoms with E-state index in [1.807, 2.05) is 0 Å². The molecule has 4 aromatic heterocycles. The smallest absolute Gasteiger partial charge is 0.338 e. The molecule has 0 aromatic carbocycles. The third-order valence-corrected chi connectivity index (χ3v) is 9.53. The molecule has 20 nitrogen and oxygen atoms in total. The summed E-state index contributed by atoms with van der Waals surface area (Å²) in [6.07, 6.45) is -5.32. The number of fused-ring (bicyclic) bond motifs is 2. The van der Waals surface area contributed by atoms with Gasteiger partial charge in [-0.1, -0.05) is 0 Å². The monoisotopic (exact) mass is 644 g/mol. The number of hydrogen-bond donors (Lipinski definition) is 7. The van der Waals surface area contributed by atoms with E-state index < -0.39 is 83.3 Å². The quantitative estimate of drug-likeness (QED) is 0.0969. The van der Waals surface area contributed by atoms with Crippen molar-refractivity contribution in [2.45, 2.75) is 48.6 Å². The lowest BCUT2D eigenvalue weighted by Crippen LogP contribution is -2.36. The van der Waals surface area contributed by atoms with Crippen molar-refractivity contribution in [1.82, 2.24) is 34.1 Å². The van der Waals surface area contributed by atoms with Crippen LogP contribution in [0.25, 0.3) is 22.2 Å². The third kappa shape index (κ3) is 5.30. The highest BCUT2D eigenvalue weighted by Gasteiger charge is 2.56. The van der Waals surface area contributed by atoms with E-state index in [0.29, 0.717) is 0 Å². The first-order chi connectivity index (χ1) is 20.5. The Bertz CT molecular complexity index is 1780. The predicted octanol–water partition coefficient (Wildman–Crippen LogP) is -2.01. The van der Waals surface area contributed by atoms with Crippen LogP contribution in [0.5, 0.6) is 0 Å². The van der Waals surface area contributed by atoms with Gasteiger partial charge in [-0.3, -0.25) is 18.5 Å². The predicted molar refractivity (Wildman–Crippen MR) is 143 cm³/mol. The minimum Gasteiger partial charge on any atom is -0.389 e. The first-order valence-corrected chi connectivity index (χ1v) is 15.5. The molecule has 0 amide bonds. The molecule has 2 aliphatic rings. The molecule has 2 saturated heterocycles. The second kappa shape index (κ2) is 11.4. The molecule has 8 N–H and O–H groups in total. The summed E-state index contributed by atoms with van der Waals surface area (Å²) in [5.74, 6) is 0.0789. The van der Waals surface area contributed by atoms with E-state index >= 15 is 0 Å². The Morgan fingerprint density at radius 2 is 1.70 bits per heavy atom. The van der Waals surface area contributed by atoms with Gasteiger partial charge in [-0.2, -0.15) is 0 Å². The van der Waals surface area contributed by atoms with Crippen molar-refractivity contribution in [2.75, 3.05) is 18.9 Å². The summed E-state index contributed by atoms with van der Waals surface area (Å²) in [7, 11) is -8.36. The molecule has 22 heteroatoms. The highest BCUT2D eigenvalue weighted by molar-refractivity contribution is 7.53. The van der Waals surface area contributed by atoms with Crippen LogP contribution in [0.2, 0.25) is 0 Å². The van der Waals surface area contributed by atoms with E-state index in [-0.39, 0.29) is 28.0 Å². The van der Waals surface area contributed by atoms with E-state index in [1.54, 1.807) is 0 Å².